The monoisotopic (exact) mass is 408 g/mol. The molecular formula is C23H24N2O3S. The van der Waals surface area contributed by atoms with Crippen LogP contribution in [0.25, 0.3) is 0 Å². The van der Waals surface area contributed by atoms with Gasteiger partial charge in [-0.25, -0.2) is 8.42 Å². The molecule has 1 N–H and O–H groups in total. The van der Waals surface area contributed by atoms with Crippen molar-refractivity contribution in [3.63, 3.8) is 0 Å². The minimum Gasteiger partial charge on any atom is -0.369 e. The van der Waals surface area contributed by atoms with Gasteiger partial charge in [-0.15, -0.1) is 0 Å². The van der Waals surface area contributed by atoms with E-state index in [1.807, 2.05) is 49.5 Å². The van der Waals surface area contributed by atoms with E-state index in [4.69, 9.17) is 0 Å². The summed E-state index contributed by atoms with van der Waals surface area (Å²) in [4.78, 5) is 15.0. The lowest BCUT2D eigenvalue weighted by molar-refractivity contribution is 0.102. The Bertz CT molecular complexity index is 1080. The molecular weight excluding hydrogens is 384 g/mol. The lowest BCUT2D eigenvalue weighted by Gasteiger charge is -2.23. The van der Waals surface area contributed by atoms with Crippen molar-refractivity contribution in [3.8, 4) is 0 Å². The second-order valence-electron chi connectivity index (χ2n) is 6.74. The smallest absolute Gasteiger partial charge is 0.255 e. The van der Waals surface area contributed by atoms with E-state index in [0.717, 1.165) is 5.69 Å². The molecule has 6 heteroatoms. The standard InChI is InChI=1S/C23H24N2O3S/c1-3-29(27,28)20-15-13-19(14-16-20)23(26)24-21-11-7-8-12-22(21)25(2)17-18-9-5-4-6-10-18/h4-16H,3,17H2,1-2H3,(H,24,26). The number of amides is 1. The Morgan fingerprint density at radius 2 is 1.52 bits per heavy atom. The van der Waals surface area contributed by atoms with E-state index in [2.05, 4.69) is 22.3 Å². The van der Waals surface area contributed by atoms with Crippen LogP contribution in [0.2, 0.25) is 0 Å². The van der Waals surface area contributed by atoms with E-state index >= 15 is 0 Å². The maximum atomic E-state index is 12.7. The van der Waals surface area contributed by atoms with Crippen LogP contribution in [0.15, 0.2) is 83.8 Å². The molecule has 0 aliphatic heterocycles. The van der Waals surface area contributed by atoms with Gasteiger partial charge in [0.05, 0.1) is 22.0 Å². The molecule has 150 valence electrons. The summed E-state index contributed by atoms with van der Waals surface area (Å²) < 4.78 is 23.9. The first-order chi connectivity index (χ1) is 13.9. The van der Waals surface area contributed by atoms with Crippen LogP contribution >= 0.6 is 0 Å². The van der Waals surface area contributed by atoms with Crippen LogP contribution in [0.4, 0.5) is 11.4 Å². The maximum Gasteiger partial charge on any atom is 0.255 e. The van der Waals surface area contributed by atoms with E-state index in [9.17, 15) is 13.2 Å². The Morgan fingerprint density at radius 3 is 2.17 bits per heavy atom. The van der Waals surface area contributed by atoms with Crippen molar-refractivity contribution in [2.45, 2.75) is 18.4 Å². The number of sulfone groups is 1. The second kappa shape index (κ2) is 8.92. The molecule has 0 unspecified atom stereocenters. The van der Waals surface area contributed by atoms with Crippen molar-refractivity contribution >= 4 is 27.1 Å². The van der Waals surface area contributed by atoms with E-state index < -0.39 is 9.84 Å². The van der Waals surface area contributed by atoms with Gasteiger partial charge in [-0.2, -0.15) is 0 Å². The summed E-state index contributed by atoms with van der Waals surface area (Å²) in [5.41, 5.74) is 3.17. The molecule has 0 saturated heterocycles. The van der Waals surface area contributed by atoms with Gasteiger partial charge >= 0.3 is 0 Å². The molecule has 0 radical (unpaired) electrons. The second-order valence-corrected chi connectivity index (χ2v) is 9.02. The molecule has 0 aliphatic carbocycles. The molecule has 3 aromatic carbocycles. The van der Waals surface area contributed by atoms with Gasteiger partial charge in [-0.1, -0.05) is 49.4 Å². The highest BCUT2D eigenvalue weighted by Gasteiger charge is 2.15. The summed E-state index contributed by atoms with van der Waals surface area (Å²) in [5.74, 6) is -0.259. The van der Waals surface area contributed by atoms with Gasteiger partial charge in [0.15, 0.2) is 9.84 Å². The van der Waals surface area contributed by atoms with Crippen molar-refractivity contribution in [1.29, 1.82) is 0 Å². The van der Waals surface area contributed by atoms with Crippen LogP contribution in [-0.4, -0.2) is 27.1 Å². The number of rotatable bonds is 7. The van der Waals surface area contributed by atoms with Crippen molar-refractivity contribution in [2.24, 2.45) is 0 Å². The van der Waals surface area contributed by atoms with Gasteiger partial charge < -0.3 is 10.2 Å². The van der Waals surface area contributed by atoms with Crippen molar-refractivity contribution in [1.82, 2.24) is 0 Å². The number of nitrogens with zero attached hydrogens (tertiary/aromatic N) is 1. The van der Waals surface area contributed by atoms with E-state index in [1.54, 1.807) is 6.92 Å². The zero-order valence-electron chi connectivity index (χ0n) is 16.5. The fourth-order valence-electron chi connectivity index (χ4n) is 3.03. The van der Waals surface area contributed by atoms with Gasteiger partial charge in [-0.3, -0.25) is 4.79 Å². The van der Waals surface area contributed by atoms with Gasteiger partial charge in [0.25, 0.3) is 5.91 Å². The van der Waals surface area contributed by atoms with E-state index in [-0.39, 0.29) is 16.6 Å². The third-order valence-corrected chi connectivity index (χ3v) is 6.43. The minimum absolute atomic E-state index is 0.0274. The molecule has 0 heterocycles. The SMILES string of the molecule is CCS(=O)(=O)c1ccc(C(=O)Nc2ccccc2N(C)Cc2ccccc2)cc1. The first-order valence-corrected chi connectivity index (χ1v) is 11.0. The first kappa shape index (κ1) is 20.6. The molecule has 0 aliphatic rings. The molecule has 0 atom stereocenters. The van der Waals surface area contributed by atoms with Crippen molar-refractivity contribution < 1.29 is 13.2 Å². The van der Waals surface area contributed by atoms with Crippen LogP contribution in [0.5, 0.6) is 0 Å². The van der Waals surface area contributed by atoms with E-state index in [0.29, 0.717) is 17.8 Å². The van der Waals surface area contributed by atoms with Gasteiger partial charge in [0.1, 0.15) is 0 Å². The number of nitrogens with one attached hydrogen (secondary N) is 1. The Labute approximate surface area is 171 Å². The zero-order chi connectivity index (χ0) is 20.9. The summed E-state index contributed by atoms with van der Waals surface area (Å²) in [7, 11) is -1.31. The maximum absolute atomic E-state index is 12.7. The lowest BCUT2D eigenvalue weighted by atomic mass is 10.1. The average molecular weight is 409 g/mol. The summed E-state index contributed by atoms with van der Waals surface area (Å²) in [6, 6.07) is 23.7. The Hall–Kier alpha value is -3.12. The lowest BCUT2D eigenvalue weighted by Crippen LogP contribution is -2.20. The quantitative estimate of drug-likeness (QED) is 0.630. The molecule has 0 bridgehead atoms. The van der Waals surface area contributed by atoms with Crippen LogP contribution in [0, 0.1) is 0 Å². The number of anilines is 2. The predicted octanol–water partition coefficient (Wildman–Crippen LogP) is 4.37. The highest BCUT2D eigenvalue weighted by Crippen LogP contribution is 2.26. The number of benzene rings is 3. The van der Waals surface area contributed by atoms with Crippen LogP contribution in [0.1, 0.15) is 22.8 Å². The molecule has 1 amide bonds. The highest BCUT2D eigenvalue weighted by atomic mass is 32.2. The van der Waals surface area contributed by atoms with Gasteiger partial charge in [0, 0.05) is 19.2 Å². The average Bonchev–Trinajstić information content (AvgIpc) is 2.75. The van der Waals surface area contributed by atoms with Crippen LogP contribution < -0.4 is 10.2 Å². The van der Waals surface area contributed by atoms with Gasteiger partial charge in [0.2, 0.25) is 0 Å². The zero-order valence-corrected chi connectivity index (χ0v) is 17.3. The topological polar surface area (TPSA) is 66.5 Å². The molecule has 0 spiro atoms. The number of para-hydroxylation sites is 2. The first-order valence-electron chi connectivity index (χ1n) is 9.39. The highest BCUT2D eigenvalue weighted by molar-refractivity contribution is 7.91. The minimum atomic E-state index is -3.29. The molecule has 0 fully saturated rings. The van der Waals surface area contributed by atoms with E-state index in [1.165, 1.54) is 29.8 Å². The number of carbonyl (C=O) groups excluding carboxylic acids is 1. The van der Waals surface area contributed by atoms with Crippen molar-refractivity contribution in [3.05, 3.63) is 90.0 Å². The molecule has 0 saturated carbocycles. The number of carbonyl (C=O) groups is 1. The predicted molar refractivity (Wildman–Crippen MR) is 117 cm³/mol. The van der Waals surface area contributed by atoms with Crippen LogP contribution in [-0.2, 0) is 16.4 Å². The Balaban J connectivity index is 1.77. The number of hydrogen-bond donors (Lipinski definition) is 1. The summed E-state index contributed by atoms with van der Waals surface area (Å²) in [6.45, 7) is 2.30. The summed E-state index contributed by atoms with van der Waals surface area (Å²) >= 11 is 0. The normalized spacial score (nSPS) is 11.1. The largest absolute Gasteiger partial charge is 0.369 e. The van der Waals surface area contributed by atoms with Crippen molar-refractivity contribution in [2.75, 3.05) is 23.0 Å². The number of hydrogen-bond acceptors (Lipinski definition) is 4. The summed E-state index contributed by atoms with van der Waals surface area (Å²) in [5, 5.41) is 2.94. The Kier molecular flexibility index (Phi) is 6.34. The molecule has 0 aromatic heterocycles. The molecule has 3 rings (SSSR count). The third-order valence-electron chi connectivity index (χ3n) is 4.68. The summed E-state index contributed by atoms with van der Waals surface area (Å²) in [6.07, 6.45) is 0. The van der Waals surface area contributed by atoms with Crippen LogP contribution in [0.3, 0.4) is 0 Å². The molecule has 29 heavy (non-hydrogen) atoms. The fourth-order valence-corrected chi connectivity index (χ4v) is 3.91. The molecule has 5 nitrogen and oxygen atoms in total. The third kappa shape index (κ3) is 5.03. The Morgan fingerprint density at radius 1 is 0.897 bits per heavy atom. The molecule has 3 aromatic rings. The van der Waals surface area contributed by atoms with Gasteiger partial charge in [-0.05, 0) is 42.0 Å². The fraction of sp³-hybridized carbons (Fsp3) is 0.174.